The fourth-order valence-corrected chi connectivity index (χ4v) is 1.74. The summed E-state index contributed by atoms with van der Waals surface area (Å²) in [5, 5.41) is 0. The Morgan fingerprint density at radius 1 is 1.42 bits per heavy atom. The Morgan fingerprint density at radius 2 is 2.00 bits per heavy atom. The molecule has 1 unspecified atom stereocenters. The first kappa shape index (κ1) is 9.36. The molecule has 1 rings (SSSR count). The summed E-state index contributed by atoms with van der Waals surface area (Å²) in [7, 11) is 0. The average Bonchev–Trinajstić information content (AvgIpc) is 2.06. The van der Waals surface area contributed by atoms with Crippen molar-refractivity contribution >= 4 is 11.2 Å². The first-order valence-electron chi connectivity index (χ1n) is 3.80. The Hall–Kier alpha value is -0.730. The predicted octanol–water partition coefficient (Wildman–Crippen LogP) is 2.29. The fraction of sp³-hybridized carbons (Fsp3) is 0.200. The van der Waals surface area contributed by atoms with Crippen LogP contribution in [0.4, 0.5) is 0 Å². The second-order valence-electron chi connectivity index (χ2n) is 2.61. The molecule has 0 fully saturated rings. The van der Waals surface area contributed by atoms with Crippen LogP contribution in [-0.2, 0) is 11.2 Å². The van der Waals surface area contributed by atoms with Gasteiger partial charge in [0.2, 0.25) is 0 Å². The molecule has 0 saturated heterocycles. The number of hydrogen-bond acceptors (Lipinski definition) is 1. The molecule has 0 bridgehead atoms. The van der Waals surface area contributed by atoms with Crippen molar-refractivity contribution in [3.05, 3.63) is 42.5 Å². The lowest BCUT2D eigenvalue weighted by Gasteiger charge is -2.07. The maximum atomic E-state index is 11.4. The van der Waals surface area contributed by atoms with Crippen molar-refractivity contribution in [2.75, 3.05) is 5.75 Å². The van der Waals surface area contributed by atoms with Gasteiger partial charge in [-0.1, -0.05) is 24.3 Å². The van der Waals surface area contributed by atoms with Crippen LogP contribution >= 0.6 is 0 Å². The molecule has 0 N–H and O–H groups in total. The van der Waals surface area contributed by atoms with E-state index in [1.165, 1.54) is 5.56 Å². The summed E-state index contributed by atoms with van der Waals surface area (Å²) < 4.78 is 11.4. The van der Waals surface area contributed by atoms with Crippen LogP contribution in [0.15, 0.2) is 41.8 Å². The molecular formula is C10H12OS. The second-order valence-corrected chi connectivity index (χ2v) is 4.11. The fourth-order valence-electron chi connectivity index (χ4n) is 0.893. The van der Waals surface area contributed by atoms with Crippen molar-refractivity contribution in [2.45, 2.75) is 11.8 Å². The highest BCUT2D eigenvalue weighted by Gasteiger charge is 2.06. The minimum atomic E-state index is -0.910. The Kier molecular flexibility index (Phi) is 3.38. The van der Waals surface area contributed by atoms with Gasteiger partial charge in [-0.15, -0.1) is 0 Å². The monoisotopic (exact) mass is 180 g/mol. The third kappa shape index (κ3) is 2.40. The lowest BCUT2D eigenvalue weighted by atomic mass is 10.2. The molecule has 0 aliphatic heterocycles. The van der Waals surface area contributed by atoms with E-state index in [9.17, 15) is 4.55 Å². The molecule has 0 spiro atoms. The number of hydrogen-bond donors (Lipinski definition) is 0. The van der Waals surface area contributed by atoms with E-state index in [1.54, 1.807) is 6.08 Å². The quantitative estimate of drug-likeness (QED) is 0.517. The molecule has 0 amide bonds. The lowest BCUT2D eigenvalue weighted by Crippen LogP contribution is -2.03. The zero-order valence-corrected chi connectivity index (χ0v) is 7.93. The summed E-state index contributed by atoms with van der Waals surface area (Å²) in [5.74, 6) is 0.531. The topological polar surface area (TPSA) is 23.1 Å². The molecular weight excluding hydrogens is 168 g/mol. The van der Waals surface area contributed by atoms with Crippen LogP contribution in [0.2, 0.25) is 0 Å². The SMILES string of the molecule is C=CC[S+]([O-])c1ccc(C)cc1. The van der Waals surface area contributed by atoms with Gasteiger partial charge in [-0.3, -0.25) is 0 Å². The molecule has 0 heterocycles. The first-order valence-corrected chi connectivity index (χ1v) is 5.12. The average molecular weight is 180 g/mol. The molecule has 0 aliphatic rings. The van der Waals surface area contributed by atoms with Crippen LogP contribution in [0.1, 0.15) is 5.56 Å². The van der Waals surface area contributed by atoms with Crippen molar-refractivity contribution in [1.82, 2.24) is 0 Å². The standard InChI is InChI=1S/C10H12OS/c1-3-8-12(11)10-6-4-9(2)5-7-10/h3-7H,1,8H2,2H3. The lowest BCUT2D eigenvalue weighted by molar-refractivity contribution is 0.598. The van der Waals surface area contributed by atoms with Gasteiger partial charge in [-0.25, -0.2) is 0 Å². The molecule has 64 valence electrons. The third-order valence-electron chi connectivity index (χ3n) is 1.55. The van der Waals surface area contributed by atoms with Gasteiger partial charge in [0, 0.05) is 0 Å². The highest BCUT2D eigenvalue weighted by atomic mass is 32.2. The van der Waals surface area contributed by atoms with Gasteiger partial charge in [-0.2, -0.15) is 0 Å². The van der Waals surface area contributed by atoms with Gasteiger partial charge in [-0.05, 0) is 36.3 Å². The molecule has 2 heteroatoms. The minimum Gasteiger partial charge on any atom is -0.611 e. The molecule has 12 heavy (non-hydrogen) atoms. The van der Waals surface area contributed by atoms with Crippen molar-refractivity contribution in [2.24, 2.45) is 0 Å². The Labute approximate surface area is 76.3 Å². The predicted molar refractivity (Wildman–Crippen MR) is 52.7 cm³/mol. The van der Waals surface area contributed by atoms with E-state index >= 15 is 0 Å². The Bertz CT molecular complexity index is 253. The highest BCUT2D eigenvalue weighted by Crippen LogP contribution is 2.11. The van der Waals surface area contributed by atoms with Crippen LogP contribution in [0.25, 0.3) is 0 Å². The van der Waals surface area contributed by atoms with E-state index in [1.807, 2.05) is 31.2 Å². The number of rotatable bonds is 3. The molecule has 0 saturated carbocycles. The van der Waals surface area contributed by atoms with Gasteiger partial charge in [0.1, 0.15) is 5.75 Å². The van der Waals surface area contributed by atoms with Crippen LogP contribution < -0.4 is 0 Å². The van der Waals surface area contributed by atoms with Crippen LogP contribution in [0.5, 0.6) is 0 Å². The molecule has 1 aromatic carbocycles. The van der Waals surface area contributed by atoms with Crippen LogP contribution in [0, 0.1) is 6.92 Å². The van der Waals surface area contributed by atoms with Gasteiger partial charge in [0.25, 0.3) is 0 Å². The van der Waals surface area contributed by atoms with E-state index in [2.05, 4.69) is 6.58 Å². The van der Waals surface area contributed by atoms with E-state index < -0.39 is 11.2 Å². The molecule has 0 aromatic heterocycles. The van der Waals surface area contributed by atoms with Crippen molar-refractivity contribution in [3.63, 3.8) is 0 Å². The van der Waals surface area contributed by atoms with Gasteiger partial charge < -0.3 is 4.55 Å². The third-order valence-corrected chi connectivity index (χ3v) is 2.89. The maximum Gasteiger partial charge on any atom is 0.153 e. The molecule has 0 aliphatic carbocycles. The zero-order chi connectivity index (χ0) is 8.97. The summed E-state index contributed by atoms with van der Waals surface area (Å²) in [6, 6.07) is 7.73. The minimum absolute atomic E-state index is 0.531. The van der Waals surface area contributed by atoms with Gasteiger partial charge in [0.15, 0.2) is 4.90 Å². The van der Waals surface area contributed by atoms with E-state index in [0.29, 0.717) is 5.75 Å². The molecule has 1 nitrogen and oxygen atoms in total. The summed E-state index contributed by atoms with van der Waals surface area (Å²) in [5.41, 5.74) is 1.19. The second kappa shape index (κ2) is 4.33. The summed E-state index contributed by atoms with van der Waals surface area (Å²) in [6.07, 6.45) is 1.68. The summed E-state index contributed by atoms with van der Waals surface area (Å²) in [4.78, 5) is 0.875. The Balaban J connectivity index is 2.74. The molecule has 1 aromatic rings. The van der Waals surface area contributed by atoms with Gasteiger partial charge in [0.05, 0.1) is 0 Å². The van der Waals surface area contributed by atoms with Crippen molar-refractivity contribution in [1.29, 1.82) is 0 Å². The normalized spacial score (nSPS) is 12.5. The van der Waals surface area contributed by atoms with E-state index in [4.69, 9.17) is 0 Å². The number of aryl methyl sites for hydroxylation is 1. The van der Waals surface area contributed by atoms with Crippen molar-refractivity contribution < 1.29 is 4.55 Å². The van der Waals surface area contributed by atoms with E-state index in [-0.39, 0.29) is 0 Å². The largest absolute Gasteiger partial charge is 0.611 e. The number of benzene rings is 1. The summed E-state index contributed by atoms with van der Waals surface area (Å²) >= 11 is -0.910. The first-order chi connectivity index (χ1) is 5.74. The zero-order valence-electron chi connectivity index (χ0n) is 7.12. The smallest absolute Gasteiger partial charge is 0.153 e. The highest BCUT2D eigenvalue weighted by molar-refractivity contribution is 7.91. The van der Waals surface area contributed by atoms with Gasteiger partial charge >= 0.3 is 0 Å². The molecule has 1 atom stereocenters. The van der Waals surface area contributed by atoms with Crippen LogP contribution in [-0.4, -0.2) is 10.3 Å². The molecule has 0 radical (unpaired) electrons. The summed E-state index contributed by atoms with van der Waals surface area (Å²) in [6.45, 7) is 5.56. The maximum absolute atomic E-state index is 11.4. The van der Waals surface area contributed by atoms with Crippen LogP contribution in [0.3, 0.4) is 0 Å². The Morgan fingerprint density at radius 3 is 2.50 bits per heavy atom. The van der Waals surface area contributed by atoms with E-state index in [0.717, 1.165) is 4.90 Å². The van der Waals surface area contributed by atoms with Crippen molar-refractivity contribution in [3.8, 4) is 0 Å².